The van der Waals surface area contributed by atoms with Crippen molar-refractivity contribution >= 4 is 31.6 Å². The van der Waals surface area contributed by atoms with Crippen molar-refractivity contribution in [2.75, 3.05) is 45.7 Å². The molecular weight excluding hydrogens is 610 g/mol. The van der Waals surface area contributed by atoms with Gasteiger partial charge in [-0.1, -0.05) is 6.92 Å². The van der Waals surface area contributed by atoms with Gasteiger partial charge in [0, 0.05) is 25.2 Å². The number of carbonyl (C=O) groups excluding carboxylic acids is 1. The summed E-state index contributed by atoms with van der Waals surface area (Å²) in [6.07, 6.45) is -0.699. The highest BCUT2D eigenvalue weighted by atomic mass is 32.2. The van der Waals surface area contributed by atoms with Crippen molar-refractivity contribution in [1.29, 1.82) is 0 Å². The third kappa shape index (κ3) is 7.09. The standard InChI is InChI=1S/C30H37N3O9S2/c1-20-17-33(21(2)19-34)30(35)27-16-22(31-43(36,37)25-11-7-23(40-4)8-12-25)6-15-28(27)42-29(20)18-32(3)44(38,39)26-13-9-24(41-5)10-14-26/h6-16,20-21,29,31,34H,17-19H2,1-5H3/t20-,21-,29+/m0/s1. The molecular formula is C30H37N3O9S2. The van der Waals surface area contributed by atoms with E-state index >= 15 is 0 Å². The number of nitrogens with one attached hydrogen (secondary N) is 1. The van der Waals surface area contributed by atoms with Crippen molar-refractivity contribution in [3.8, 4) is 17.2 Å². The van der Waals surface area contributed by atoms with E-state index in [9.17, 15) is 26.7 Å². The van der Waals surface area contributed by atoms with E-state index in [1.165, 1.54) is 85.1 Å². The summed E-state index contributed by atoms with van der Waals surface area (Å²) in [5, 5.41) is 9.93. The molecule has 44 heavy (non-hydrogen) atoms. The molecule has 0 fully saturated rings. The number of amides is 1. The fraction of sp³-hybridized carbons (Fsp3) is 0.367. The summed E-state index contributed by atoms with van der Waals surface area (Å²) in [4.78, 5) is 15.3. The number of carbonyl (C=O) groups is 1. The number of aliphatic hydroxyl groups excluding tert-OH is 1. The zero-order chi connectivity index (χ0) is 32.2. The van der Waals surface area contributed by atoms with Crippen LogP contribution in [0.5, 0.6) is 17.2 Å². The van der Waals surface area contributed by atoms with E-state index in [4.69, 9.17) is 14.2 Å². The number of ether oxygens (including phenoxy) is 3. The lowest BCUT2D eigenvalue weighted by Crippen LogP contribution is -2.50. The van der Waals surface area contributed by atoms with Crippen molar-refractivity contribution in [1.82, 2.24) is 9.21 Å². The van der Waals surface area contributed by atoms with Gasteiger partial charge in [0.25, 0.3) is 15.9 Å². The van der Waals surface area contributed by atoms with Gasteiger partial charge < -0.3 is 24.2 Å². The highest BCUT2D eigenvalue weighted by Gasteiger charge is 2.35. The summed E-state index contributed by atoms with van der Waals surface area (Å²) in [7, 11) is -3.49. The maximum Gasteiger partial charge on any atom is 0.261 e. The molecule has 0 aromatic heterocycles. The second-order valence-electron chi connectivity index (χ2n) is 10.6. The molecule has 4 rings (SSSR count). The Hall–Kier alpha value is -3.85. The van der Waals surface area contributed by atoms with Gasteiger partial charge in [-0.25, -0.2) is 16.8 Å². The lowest BCUT2D eigenvalue weighted by atomic mass is 9.99. The Morgan fingerprint density at radius 2 is 1.55 bits per heavy atom. The van der Waals surface area contributed by atoms with Gasteiger partial charge in [-0.15, -0.1) is 0 Å². The van der Waals surface area contributed by atoms with Gasteiger partial charge in [-0.3, -0.25) is 9.52 Å². The minimum atomic E-state index is -4.01. The Labute approximate surface area is 258 Å². The van der Waals surface area contributed by atoms with Crippen LogP contribution < -0.4 is 18.9 Å². The number of nitrogens with zero attached hydrogens (tertiary/aromatic N) is 2. The predicted molar refractivity (Wildman–Crippen MR) is 164 cm³/mol. The SMILES string of the molecule is COc1ccc(S(=O)(=O)Nc2ccc3c(c2)C(=O)N([C@@H](C)CO)C[C@H](C)[C@@H](CN(C)S(=O)(=O)c2ccc(OC)cc2)O3)cc1. The number of fused-ring (bicyclic) bond motifs is 1. The summed E-state index contributed by atoms with van der Waals surface area (Å²) < 4.78 is 73.1. The molecule has 0 spiro atoms. The minimum Gasteiger partial charge on any atom is -0.497 e. The molecule has 1 aliphatic rings. The molecule has 3 aromatic rings. The highest BCUT2D eigenvalue weighted by molar-refractivity contribution is 7.92. The first-order chi connectivity index (χ1) is 20.8. The number of hydrogen-bond acceptors (Lipinski definition) is 9. The van der Waals surface area contributed by atoms with Gasteiger partial charge in [0.15, 0.2) is 0 Å². The second kappa shape index (κ2) is 13.4. The third-order valence-electron chi connectivity index (χ3n) is 7.49. The van der Waals surface area contributed by atoms with Crippen LogP contribution in [0.2, 0.25) is 0 Å². The average Bonchev–Trinajstić information content (AvgIpc) is 3.02. The van der Waals surface area contributed by atoms with E-state index in [1.807, 2.05) is 6.92 Å². The largest absolute Gasteiger partial charge is 0.497 e. The summed E-state index contributed by atoms with van der Waals surface area (Å²) in [6.45, 7) is 3.33. The smallest absolute Gasteiger partial charge is 0.261 e. The average molecular weight is 648 g/mol. The maximum absolute atomic E-state index is 13.7. The van der Waals surface area contributed by atoms with E-state index in [0.717, 1.165) is 0 Å². The topological polar surface area (TPSA) is 152 Å². The molecule has 3 atom stereocenters. The van der Waals surface area contributed by atoms with Crippen molar-refractivity contribution in [2.45, 2.75) is 35.8 Å². The molecule has 1 amide bonds. The van der Waals surface area contributed by atoms with E-state index in [0.29, 0.717) is 11.5 Å². The molecule has 0 aliphatic carbocycles. The number of anilines is 1. The van der Waals surface area contributed by atoms with E-state index < -0.39 is 38.1 Å². The van der Waals surface area contributed by atoms with Crippen molar-refractivity contribution < 1.29 is 40.9 Å². The number of aliphatic hydroxyl groups is 1. The van der Waals surface area contributed by atoms with Crippen LogP contribution in [-0.4, -0.2) is 90.2 Å². The Morgan fingerprint density at radius 3 is 2.09 bits per heavy atom. The number of sulfonamides is 2. The third-order valence-corrected chi connectivity index (χ3v) is 10.7. The zero-order valence-electron chi connectivity index (χ0n) is 25.1. The molecule has 238 valence electrons. The van der Waals surface area contributed by atoms with Crippen LogP contribution in [0.3, 0.4) is 0 Å². The molecule has 1 aliphatic heterocycles. The minimum absolute atomic E-state index is 0.00172. The van der Waals surface area contributed by atoms with Gasteiger partial charge in [-0.05, 0) is 73.7 Å². The first-order valence-corrected chi connectivity index (χ1v) is 16.7. The number of methoxy groups -OCH3 is 2. The number of likely N-dealkylation sites (N-methyl/N-ethyl adjacent to an activating group) is 1. The van der Waals surface area contributed by atoms with Crippen LogP contribution in [0.1, 0.15) is 24.2 Å². The molecule has 0 bridgehead atoms. The van der Waals surface area contributed by atoms with Crippen LogP contribution in [0, 0.1) is 5.92 Å². The molecule has 0 saturated carbocycles. The quantitative estimate of drug-likeness (QED) is 0.320. The lowest BCUT2D eigenvalue weighted by molar-refractivity contribution is 0.0387. The maximum atomic E-state index is 13.7. The van der Waals surface area contributed by atoms with Crippen LogP contribution in [0.25, 0.3) is 0 Å². The van der Waals surface area contributed by atoms with Crippen molar-refractivity contribution in [3.05, 3.63) is 72.3 Å². The van der Waals surface area contributed by atoms with Crippen LogP contribution in [0.4, 0.5) is 5.69 Å². The molecule has 0 radical (unpaired) electrons. The Morgan fingerprint density at radius 1 is 0.977 bits per heavy atom. The summed E-state index contributed by atoms with van der Waals surface area (Å²) in [6, 6.07) is 15.6. The molecule has 14 heteroatoms. The predicted octanol–water partition coefficient (Wildman–Crippen LogP) is 3.05. The summed E-state index contributed by atoms with van der Waals surface area (Å²) in [5.74, 6) is 0.370. The number of hydrogen-bond donors (Lipinski definition) is 2. The highest BCUT2D eigenvalue weighted by Crippen LogP contribution is 2.32. The zero-order valence-corrected chi connectivity index (χ0v) is 26.8. The van der Waals surface area contributed by atoms with Crippen molar-refractivity contribution in [3.63, 3.8) is 0 Å². The second-order valence-corrected chi connectivity index (χ2v) is 14.3. The fourth-order valence-corrected chi connectivity index (χ4v) is 6.98. The molecule has 0 saturated heterocycles. The lowest BCUT2D eigenvalue weighted by Gasteiger charge is -2.38. The van der Waals surface area contributed by atoms with E-state index in [1.54, 1.807) is 19.1 Å². The fourth-order valence-electron chi connectivity index (χ4n) is 4.75. The van der Waals surface area contributed by atoms with Crippen molar-refractivity contribution in [2.24, 2.45) is 5.92 Å². The molecule has 2 N–H and O–H groups in total. The van der Waals surface area contributed by atoms with Gasteiger partial charge in [0.2, 0.25) is 10.0 Å². The summed E-state index contributed by atoms with van der Waals surface area (Å²) >= 11 is 0. The number of benzene rings is 3. The Bertz CT molecular complexity index is 1680. The van der Waals surface area contributed by atoms with Gasteiger partial charge >= 0.3 is 0 Å². The number of rotatable bonds is 11. The first kappa shape index (κ1) is 33.1. The monoisotopic (exact) mass is 647 g/mol. The Balaban J connectivity index is 1.66. The Kier molecular flexibility index (Phi) is 10.1. The molecule has 1 heterocycles. The van der Waals surface area contributed by atoms with Gasteiger partial charge in [-0.2, -0.15) is 4.31 Å². The van der Waals surface area contributed by atoms with E-state index in [2.05, 4.69) is 4.72 Å². The van der Waals surface area contributed by atoms with E-state index in [-0.39, 0.29) is 52.4 Å². The van der Waals surface area contributed by atoms with Crippen LogP contribution in [0.15, 0.2) is 76.5 Å². The van der Waals surface area contributed by atoms with Crippen LogP contribution in [-0.2, 0) is 20.0 Å². The molecule has 12 nitrogen and oxygen atoms in total. The van der Waals surface area contributed by atoms with Crippen LogP contribution >= 0.6 is 0 Å². The normalized spacial score (nSPS) is 18.1. The van der Waals surface area contributed by atoms with Gasteiger partial charge in [0.1, 0.15) is 23.4 Å². The van der Waals surface area contributed by atoms with Gasteiger partial charge in [0.05, 0.1) is 48.8 Å². The first-order valence-electron chi connectivity index (χ1n) is 13.8. The summed E-state index contributed by atoms with van der Waals surface area (Å²) in [5.41, 5.74) is 0.190. The molecule has 3 aromatic carbocycles. The molecule has 0 unspecified atom stereocenters.